The van der Waals surface area contributed by atoms with E-state index < -0.39 is 0 Å². The minimum Gasteiger partial charge on any atom is -0.144 e. The van der Waals surface area contributed by atoms with Gasteiger partial charge in [-0.1, -0.05) is 34.1 Å². The summed E-state index contributed by atoms with van der Waals surface area (Å²) in [5, 5.41) is 0. The van der Waals surface area contributed by atoms with Crippen LogP contribution in [0.5, 0.6) is 0 Å². The molecule has 1 aromatic carbocycles. The van der Waals surface area contributed by atoms with Crippen molar-refractivity contribution in [3.8, 4) is 0 Å². The van der Waals surface area contributed by atoms with Crippen molar-refractivity contribution >= 4 is 27.3 Å². The molecule has 3 rings (SSSR count). The van der Waals surface area contributed by atoms with Gasteiger partial charge < -0.3 is 0 Å². The molecule has 0 nitrogen and oxygen atoms in total. The summed E-state index contributed by atoms with van der Waals surface area (Å²) in [4.78, 5) is 3.19. The average molecular weight is 335 g/mol. The Labute approximate surface area is 128 Å². The largest absolute Gasteiger partial charge is 0.144 e. The van der Waals surface area contributed by atoms with Gasteiger partial charge in [-0.05, 0) is 67.9 Å². The van der Waals surface area contributed by atoms with Crippen molar-refractivity contribution in [3.63, 3.8) is 0 Å². The summed E-state index contributed by atoms with van der Waals surface area (Å²) in [5.74, 6) is 0. The normalized spacial score (nSPS) is 16.2. The fourth-order valence-corrected chi connectivity index (χ4v) is 4.55. The van der Waals surface area contributed by atoms with E-state index in [4.69, 9.17) is 0 Å². The Morgan fingerprint density at radius 2 is 1.79 bits per heavy atom. The number of fused-ring (bicyclic) bond motifs is 1. The maximum Gasteiger partial charge on any atom is 0.0738 e. The van der Waals surface area contributed by atoms with Gasteiger partial charge in [-0.3, -0.25) is 0 Å². The van der Waals surface area contributed by atoms with Crippen LogP contribution in [0.25, 0.3) is 0 Å². The highest BCUT2D eigenvalue weighted by Crippen LogP contribution is 2.38. The number of thiophene rings is 1. The van der Waals surface area contributed by atoms with Crippen LogP contribution < -0.4 is 0 Å². The SMILES string of the molecule is Cc1cc(C(Br)c2ccc3c(c2)CCCC3)sc1C. The Hall–Kier alpha value is -0.600. The maximum atomic E-state index is 3.88. The number of hydrogen-bond acceptors (Lipinski definition) is 1. The maximum absolute atomic E-state index is 3.88. The molecule has 1 aliphatic carbocycles. The van der Waals surface area contributed by atoms with Gasteiger partial charge in [0.15, 0.2) is 0 Å². The van der Waals surface area contributed by atoms with Crippen LogP contribution in [0, 0.1) is 13.8 Å². The van der Waals surface area contributed by atoms with Gasteiger partial charge in [0.25, 0.3) is 0 Å². The molecule has 2 aromatic rings. The lowest BCUT2D eigenvalue weighted by atomic mass is 9.90. The topological polar surface area (TPSA) is 0 Å². The summed E-state index contributed by atoms with van der Waals surface area (Å²) in [6, 6.07) is 9.37. The van der Waals surface area contributed by atoms with E-state index in [1.54, 1.807) is 11.1 Å². The van der Waals surface area contributed by atoms with Crippen molar-refractivity contribution in [1.82, 2.24) is 0 Å². The van der Waals surface area contributed by atoms with Crippen molar-refractivity contribution in [2.75, 3.05) is 0 Å². The van der Waals surface area contributed by atoms with Crippen molar-refractivity contribution in [2.24, 2.45) is 0 Å². The Balaban J connectivity index is 1.93. The fourth-order valence-electron chi connectivity index (χ4n) is 2.80. The average Bonchev–Trinajstić information content (AvgIpc) is 2.77. The molecule has 0 fully saturated rings. The molecule has 1 aromatic heterocycles. The van der Waals surface area contributed by atoms with Gasteiger partial charge in [0.05, 0.1) is 4.83 Å². The van der Waals surface area contributed by atoms with Gasteiger partial charge in [0, 0.05) is 9.75 Å². The highest BCUT2D eigenvalue weighted by atomic mass is 79.9. The van der Waals surface area contributed by atoms with Crippen LogP contribution in [-0.4, -0.2) is 0 Å². The minimum absolute atomic E-state index is 0.345. The van der Waals surface area contributed by atoms with Crippen LogP contribution in [0.3, 0.4) is 0 Å². The van der Waals surface area contributed by atoms with Crippen LogP contribution in [0.2, 0.25) is 0 Å². The standard InChI is InChI=1S/C17H19BrS/c1-11-9-16(19-12(11)2)17(18)15-8-7-13-5-3-4-6-14(13)10-15/h7-10,17H,3-6H2,1-2H3. The molecule has 0 bridgehead atoms. The van der Waals surface area contributed by atoms with Gasteiger partial charge >= 0.3 is 0 Å². The fraction of sp³-hybridized carbons (Fsp3) is 0.412. The number of alkyl halides is 1. The second-order valence-electron chi connectivity index (χ2n) is 5.49. The first-order valence-electron chi connectivity index (χ1n) is 6.98. The smallest absolute Gasteiger partial charge is 0.0738 e. The summed E-state index contributed by atoms with van der Waals surface area (Å²) in [5.41, 5.74) is 5.94. The van der Waals surface area contributed by atoms with E-state index in [2.05, 4.69) is 54.0 Å². The van der Waals surface area contributed by atoms with Gasteiger partial charge in [0.1, 0.15) is 0 Å². The molecule has 0 saturated heterocycles. The molecular formula is C17H19BrS. The first-order chi connectivity index (χ1) is 9.15. The first kappa shape index (κ1) is 13.4. The summed E-state index contributed by atoms with van der Waals surface area (Å²) >= 11 is 5.79. The van der Waals surface area contributed by atoms with Gasteiger partial charge in [-0.25, -0.2) is 0 Å². The zero-order valence-corrected chi connectivity index (χ0v) is 13.9. The molecule has 1 heterocycles. The van der Waals surface area contributed by atoms with Gasteiger partial charge in [-0.15, -0.1) is 11.3 Å². The second-order valence-corrected chi connectivity index (χ2v) is 7.69. The Bertz CT molecular complexity index is 578. The van der Waals surface area contributed by atoms with Crippen LogP contribution in [0.1, 0.15) is 49.7 Å². The second kappa shape index (κ2) is 5.41. The minimum atomic E-state index is 0.345. The number of hydrogen-bond donors (Lipinski definition) is 0. The lowest BCUT2D eigenvalue weighted by Crippen LogP contribution is -2.03. The quantitative estimate of drug-likeness (QED) is 0.615. The van der Waals surface area contributed by atoms with Gasteiger partial charge in [0.2, 0.25) is 0 Å². The number of benzene rings is 1. The molecular weight excluding hydrogens is 316 g/mol. The van der Waals surface area contributed by atoms with Crippen molar-refractivity contribution < 1.29 is 0 Å². The van der Waals surface area contributed by atoms with Gasteiger partial charge in [-0.2, -0.15) is 0 Å². The molecule has 0 aliphatic heterocycles. The van der Waals surface area contributed by atoms with E-state index in [1.165, 1.54) is 46.6 Å². The zero-order valence-electron chi connectivity index (χ0n) is 11.5. The van der Waals surface area contributed by atoms with Crippen LogP contribution in [0.15, 0.2) is 24.3 Å². The van der Waals surface area contributed by atoms with Crippen molar-refractivity contribution in [2.45, 2.75) is 44.4 Å². The lowest BCUT2D eigenvalue weighted by molar-refractivity contribution is 0.684. The van der Waals surface area contributed by atoms with E-state index in [0.29, 0.717) is 4.83 Å². The van der Waals surface area contributed by atoms with E-state index >= 15 is 0 Å². The molecule has 0 saturated carbocycles. The van der Waals surface area contributed by atoms with Crippen LogP contribution in [-0.2, 0) is 12.8 Å². The highest BCUT2D eigenvalue weighted by molar-refractivity contribution is 9.09. The predicted octanol–water partition coefficient (Wildman–Crippen LogP) is 5.73. The number of halogens is 1. The first-order valence-corrected chi connectivity index (χ1v) is 8.71. The lowest BCUT2D eigenvalue weighted by Gasteiger charge is -2.18. The van der Waals surface area contributed by atoms with E-state index in [9.17, 15) is 0 Å². The Kier molecular flexibility index (Phi) is 3.81. The van der Waals surface area contributed by atoms with Crippen LogP contribution in [0.4, 0.5) is 0 Å². The molecule has 19 heavy (non-hydrogen) atoms. The number of rotatable bonds is 2. The number of aryl methyl sites for hydroxylation is 4. The summed E-state index contributed by atoms with van der Waals surface area (Å²) in [6.45, 7) is 4.40. The predicted molar refractivity (Wildman–Crippen MR) is 87.6 cm³/mol. The van der Waals surface area contributed by atoms with Crippen molar-refractivity contribution in [3.05, 3.63) is 56.3 Å². The monoisotopic (exact) mass is 334 g/mol. The third-order valence-electron chi connectivity index (χ3n) is 4.10. The molecule has 0 spiro atoms. The van der Waals surface area contributed by atoms with E-state index in [1.807, 2.05) is 11.3 Å². The summed E-state index contributed by atoms with van der Waals surface area (Å²) < 4.78 is 0. The van der Waals surface area contributed by atoms with Crippen LogP contribution >= 0.6 is 27.3 Å². The molecule has 1 atom stereocenters. The molecule has 0 amide bonds. The zero-order chi connectivity index (χ0) is 13.4. The highest BCUT2D eigenvalue weighted by Gasteiger charge is 2.16. The third kappa shape index (κ3) is 2.66. The van der Waals surface area contributed by atoms with E-state index in [-0.39, 0.29) is 0 Å². The molecule has 2 heteroatoms. The van der Waals surface area contributed by atoms with E-state index in [0.717, 1.165) is 0 Å². The third-order valence-corrected chi connectivity index (χ3v) is 6.64. The molecule has 100 valence electrons. The Morgan fingerprint density at radius 3 is 2.47 bits per heavy atom. The molecule has 1 aliphatic rings. The summed E-state index contributed by atoms with van der Waals surface area (Å²) in [7, 11) is 0. The molecule has 1 unspecified atom stereocenters. The molecule has 0 N–H and O–H groups in total. The van der Waals surface area contributed by atoms with Crippen molar-refractivity contribution in [1.29, 1.82) is 0 Å². The Morgan fingerprint density at radius 1 is 1.05 bits per heavy atom. The molecule has 0 radical (unpaired) electrons. The summed E-state index contributed by atoms with van der Waals surface area (Å²) in [6.07, 6.45) is 5.22.